The molecule has 17 heteroatoms. The zero-order valence-corrected chi connectivity index (χ0v) is 21.3. The molecule has 2 aromatic heterocycles. The van der Waals surface area contributed by atoms with Crippen molar-refractivity contribution in [2.24, 2.45) is 0 Å². The molecule has 196 valence electrons. The number of morpholine rings is 1. The Morgan fingerprint density at radius 2 is 1.90 bits per heavy atom. The molecule has 0 spiro atoms. The smallest absolute Gasteiger partial charge is 0.412 e. The third-order valence-electron chi connectivity index (χ3n) is 5.41. The predicted molar refractivity (Wildman–Crippen MR) is 141 cm³/mol. The normalized spacial score (nSPS) is 13.9. The lowest BCUT2D eigenvalue weighted by Gasteiger charge is -2.24. The van der Waals surface area contributed by atoms with E-state index in [1.54, 1.807) is 18.2 Å². The summed E-state index contributed by atoms with van der Waals surface area (Å²) >= 11 is 0. The van der Waals surface area contributed by atoms with E-state index in [9.17, 15) is 9.59 Å². The van der Waals surface area contributed by atoms with Crippen LogP contribution >= 0.6 is 0 Å². The minimum absolute atomic E-state index is 0.0125. The van der Waals surface area contributed by atoms with Gasteiger partial charge in [0.2, 0.25) is 11.7 Å². The lowest BCUT2D eigenvalue weighted by Crippen LogP contribution is -2.50. The minimum atomic E-state index is -2.02. The SMILES string of the molecule is [B]C([B])([B])NC(=O)c1nnc(NC(=O)OC)cc1Nc1cccc(-c2noc(CN3CCOCC3)n2)c1OC. The van der Waals surface area contributed by atoms with Crippen LogP contribution in [0.1, 0.15) is 16.4 Å². The molecule has 0 aliphatic carbocycles. The number of aromatic nitrogens is 4. The average molecular weight is 528 g/mol. The van der Waals surface area contributed by atoms with Crippen LogP contribution in [0.2, 0.25) is 0 Å². The van der Waals surface area contributed by atoms with Crippen molar-refractivity contribution in [2.45, 2.75) is 11.8 Å². The van der Waals surface area contributed by atoms with Crippen LogP contribution in [-0.4, -0.2) is 107 Å². The topological polar surface area (TPSA) is 166 Å². The molecular weight excluding hydrogens is 505 g/mol. The molecule has 0 bridgehead atoms. The molecule has 39 heavy (non-hydrogen) atoms. The Bertz CT molecular complexity index is 1330. The first-order valence-electron chi connectivity index (χ1n) is 11.7. The number of rotatable bonds is 9. The van der Waals surface area contributed by atoms with Gasteiger partial charge in [0, 0.05) is 19.2 Å². The summed E-state index contributed by atoms with van der Waals surface area (Å²) in [5.41, 5.74) is 0.802. The quantitative estimate of drug-likeness (QED) is 0.322. The first-order chi connectivity index (χ1) is 18.7. The lowest BCUT2D eigenvalue weighted by molar-refractivity contribution is 0.0297. The molecule has 0 atom stereocenters. The molecule has 6 radical (unpaired) electrons. The molecule has 3 heterocycles. The Kier molecular flexibility index (Phi) is 8.71. The van der Waals surface area contributed by atoms with Gasteiger partial charge in [0.1, 0.15) is 0 Å². The molecule has 1 aromatic carbocycles. The number of nitrogens with zero attached hydrogens (tertiary/aromatic N) is 5. The number of hydrogen-bond acceptors (Lipinski definition) is 12. The van der Waals surface area contributed by atoms with Crippen molar-refractivity contribution in [3.05, 3.63) is 35.9 Å². The molecule has 1 fully saturated rings. The van der Waals surface area contributed by atoms with Crippen molar-refractivity contribution in [1.29, 1.82) is 0 Å². The Morgan fingerprint density at radius 1 is 1.13 bits per heavy atom. The second kappa shape index (κ2) is 12.2. The van der Waals surface area contributed by atoms with Crippen molar-refractivity contribution in [1.82, 2.24) is 30.6 Å². The molecule has 2 amide bonds. The van der Waals surface area contributed by atoms with Crippen molar-refractivity contribution in [3.8, 4) is 17.1 Å². The van der Waals surface area contributed by atoms with E-state index < -0.39 is 17.2 Å². The number of methoxy groups -OCH3 is 2. The van der Waals surface area contributed by atoms with E-state index in [0.717, 1.165) is 13.1 Å². The standard InChI is InChI=1S/C22H23B3N8O6/c1-36-18-12(19-28-16(39-32-19)11-33-6-8-38-9-7-33)4-3-5-13(18)26-14-10-15(27-21(35)37-2)30-31-17(14)20(34)29-22(23,24)25/h3-5,10H,6-9,11H2,1-2H3,(H,29,34)(H2,26,27,30,35). The van der Waals surface area contributed by atoms with E-state index in [1.807, 2.05) is 0 Å². The van der Waals surface area contributed by atoms with Gasteiger partial charge in [0.25, 0.3) is 5.91 Å². The van der Waals surface area contributed by atoms with E-state index in [-0.39, 0.29) is 17.2 Å². The van der Waals surface area contributed by atoms with E-state index in [4.69, 9.17) is 37.5 Å². The summed E-state index contributed by atoms with van der Waals surface area (Å²) in [6, 6.07) is 6.52. The van der Waals surface area contributed by atoms with Gasteiger partial charge in [-0.05, 0) is 12.1 Å². The van der Waals surface area contributed by atoms with Gasteiger partial charge in [0.15, 0.2) is 17.3 Å². The summed E-state index contributed by atoms with van der Waals surface area (Å²) < 4.78 is 21.1. The molecular formula is C22H23B3N8O6. The number of carbonyl (C=O) groups excluding carboxylic acids is 2. The maximum atomic E-state index is 12.8. The minimum Gasteiger partial charge on any atom is -0.494 e. The van der Waals surface area contributed by atoms with Gasteiger partial charge >= 0.3 is 6.09 Å². The molecule has 3 N–H and O–H groups in total. The van der Waals surface area contributed by atoms with Gasteiger partial charge < -0.3 is 29.4 Å². The first kappa shape index (κ1) is 27.9. The molecule has 1 aliphatic heterocycles. The highest BCUT2D eigenvalue weighted by molar-refractivity contribution is 6.60. The Labute approximate surface area is 227 Å². The van der Waals surface area contributed by atoms with Crippen LogP contribution in [0.5, 0.6) is 5.75 Å². The number of carbonyl (C=O) groups is 2. The van der Waals surface area contributed by atoms with Gasteiger partial charge in [-0.2, -0.15) is 4.98 Å². The fraction of sp³-hybridized carbons (Fsp3) is 0.364. The van der Waals surface area contributed by atoms with Gasteiger partial charge in [-0.15, -0.1) is 10.2 Å². The van der Waals surface area contributed by atoms with Crippen molar-refractivity contribution in [3.63, 3.8) is 0 Å². The largest absolute Gasteiger partial charge is 0.494 e. The summed E-state index contributed by atoms with van der Waals surface area (Å²) in [5, 5.41) is 17.4. The molecule has 0 unspecified atom stereocenters. The van der Waals surface area contributed by atoms with E-state index in [1.165, 1.54) is 20.3 Å². The number of benzene rings is 1. The van der Waals surface area contributed by atoms with Gasteiger partial charge in [-0.1, -0.05) is 16.5 Å². The van der Waals surface area contributed by atoms with Crippen LogP contribution in [0.15, 0.2) is 28.8 Å². The maximum Gasteiger partial charge on any atom is 0.412 e. The zero-order chi connectivity index (χ0) is 28.0. The van der Waals surface area contributed by atoms with Crippen LogP contribution in [0.25, 0.3) is 11.4 Å². The van der Waals surface area contributed by atoms with Gasteiger partial charge in [-0.3, -0.25) is 15.0 Å². The van der Waals surface area contributed by atoms with Gasteiger partial charge in [-0.25, -0.2) is 4.79 Å². The fourth-order valence-corrected chi connectivity index (χ4v) is 3.68. The number of ether oxygens (including phenoxy) is 3. The molecule has 1 aliphatic rings. The lowest BCUT2D eigenvalue weighted by atomic mass is 9.49. The molecule has 0 saturated carbocycles. The van der Waals surface area contributed by atoms with Crippen LogP contribution < -0.4 is 20.7 Å². The summed E-state index contributed by atoms with van der Waals surface area (Å²) in [7, 11) is 19.2. The summed E-state index contributed by atoms with van der Waals surface area (Å²) in [6.45, 7) is 3.31. The maximum absolute atomic E-state index is 12.8. The monoisotopic (exact) mass is 528 g/mol. The number of para-hydroxylation sites is 1. The van der Waals surface area contributed by atoms with E-state index in [0.29, 0.717) is 48.5 Å². The second-order valence-corrected chi connectivity index (χ2v) is 8.41. The summed E-state index contributed by atoms with van der Waals surface area (Å²) in [4.78, 5) is 31.1. The van der Waals surface area contributed by atoms with Gasteiger partial charge in [0.05, 0.1) is 74.5 Å². The third kappa shape index (κ3) is 7.26. The Hall–Kier alpha value is -4.11. The predicted octanol–water partition coefficient (Wildman–Crippen LogP) is 0.136. The number of amides is 2. The van der Waals surface area contributed by atoms with Crippen LogP contribution in [0.4, 0.5) is 22.0 Å². The van der Waals surface area contributed by atoms with Crippen LogP contribution in [0.3, 0.4) is 0 Å². The number of hydrogen-bond donors (Lipinski definition) is 3. The third-order valence-corrected chi connectivity index (χ3v) is 5.41. The average Bonchev–Trinajstić information content (AvgIpc) is 3.36. The number of nitrogens with one attached hydrogen (secondary N) is 3. The Balaban J connectivity index is 1.65. The first-order valence-corrected chi connectivity index (χ1v) is 11.7. The highest BCUT2D eigenvalue weighted by Gasteiger charge is 2.23. The summed E-state index contributed by atoms with van der Waals surface area (Å²) in [5.74, 6) is 0.242. The van der Waals surface area contributed by atoms with Crippen LogP contribution in [0, 0.1) is 0 Å². The highest BCUT2D eigenvalue weighted by Crippen LogP contribution is 2.37. The zero-order valence-electron chi connectivity index (χ0n) is 21.3. The van der Waals surface area contributed by atoms with Crippen LogP contribution in [-0.2, 0) is 16.0 Å². The molecule has 14 nitrogen and oxygen atoms in total. The van der Waals surface area contributed by atoms with Crippen molar-refractivity contribution < 1.29 is 28.3 Å². The van der Waals surface area contributed by atoms with Crippen molar-refractivity contribution in [2.75, 3.05) is 51.2 Å². The molecule has 1 saturated heterocycles. The Morgan fingerprint density at radius 3 is 2.59 bits per heavy atom. The number of anilines is 3. The van der Waals surface area contributed by atoms with E-state index >= 15 is 0 Å². The molecule has 4 rings (SSSR count). The fourth-order valence-electron chi connectivity index (χ4n) is 3.68. The second-order valence-electron chi connectivity index (χ2n) is 8.41. The highest BCUT2D eigenvalue weighted by atomic mass is 16.5. The van der Waals surface area contributed by atoms with E-state index in [2.05, 4.69) is 45.9 Å². The molecule has 3 aromatic rings. The summed E-state index contributed by atoms with van der Waals surface area (Å²) in [6.07, 6.45) is -0.790. The van der Waals surface area contributed by atoms with Crippen molar-refractivity contribution >= 4 is 52.7 Å².